The number of ketones is 1. The lowest BCUT2D eigenvalue weighted by Crippen LogP contribution is -2.13. The van der Waals surface area contributed by atoms with Crippen LogP contribution in [0.4, 0.5) is 0 Å². The molecule has 3 heteroatoms. The van der Waals surface area contributed by atoms with Gasteiger partial charge >= 0.3 is 0 Å². The van der Waals surface area contributed by atoms with Crippen molar-refractivity contribution < 1.29 is 14.3 Å². The van der Waals surface area contributed by atoms with Crippen molar-refractivity contribution in [1.82, 2.24) is 0 Å². The molecule has 0 heterocycles. The first-order chi connectivity index (χ1) is 9.60. The van der Waals surface area contributed by atoms with Gasteiger partial charge in [0.1, 0.15) is 12.0 Å². The molecule has 0 amide bonds. The molecule has 20 heavy (non-hydrogen) atoms. The highest BCUT2D eigenvalue weighted by Gasteiger charge is 2.10. The van der Waals surface area contributed by atoms with E-state index in [4.69, 9.17) is 4.74 Å². The fourth-order valence-corrected chi connectivity index (χ4v) is 2.03. The standard InChI is InChI=1S/C17H16O3/c1-12-6-7-16(13(2)8-12)17(19)11-20-15-5-3-4-14(9-15)10-18/h3-10H,11H2,1-2H3. The first-order valence-corrected chi connectivity index (χ1v) is 6.38. The lowest BCUT2D eigenvalue weighted by Gasteiger charge is -2.08. The molecule has 102 valence electrons. The van der Waals surface area contributed by atoms with Crippen molar-refractivity contribution in [3.63, 3.8) is 0 Å². The SMILES string of the molecule is Cc1ccc(C(=O)COc2cccc(C=O)c2)c(C)c1. The summed E-state index contributed by atoms with van der Waals surface area (Å²) in [5, 5.41) is 0. The maximum atomic E-state index is 12.1. The summed E-state index contributed by atoms with van der Waals surface area (Å²) in [7, 11) is 0. The lowest BCUT2D eigenvalue weighted by molar-refractivity contribution is 0.0921. The van der Waals surface area contributed by atoms with Crippen LogP contribution in [-0.4, -0.2) is 18.7 Å². The van der Waals surface area contributed by atoms with Crippen molar-refractivity contribution in [2.45, 2.75) is 13.8 Å². The first kappa shape index (κ1) is 14.0. The summed E-state index contributed by atoms with van der Waals surface area (Å²) in [5.41, 5.74) is 3.27. The number of rotatable bonds is 5. The van der Waals surface area contributed by atoms with Crippen LogP contribution in [-0.2, 0) is 0 Å². The molecule has 0 bridgehead atoms. The largest absolute Gasteiger partial charge is 0.485 e. The zero-order valence-electron chi connectivity index (χ0n) is 11.6. The minimum absolute atomic E-state index is 0.0355. The zero-order valence-corrected chi connectivity index (χ0v) is 11.6. The Labute approximate surface area is 118 Å². The Hall–Kier alpha value is -2.42. The number of Topliss-reactive ketones (excluding diaryl/α,β-unsaturated/α-hetero) is 1. The van der Waals surface area contributed by atoms with Gasteiger partial charge < -0.3 is 4.74 Å². The smallest absolute Gasteiger partial charge is 0.200 e. The summed E-state index contributed by atoms with van der Waals surface area (Å²) in [6.07, 6.45) is 0.749. The number of ether oxygens (including phenoxy) is 1. The molecule has 0 saturated carbocycles. The van der Waals surface area contributed by atoms with Gasteiger partial charge in [-0.05, 0) is 31.5 Å². The van der Waals surface area contributed by atoms with E-state index in [1.54, 1.807) is 24.3 Å². The first-order valence-electron chi connectivity index (χ1n) is 6.38. The van der Waals surface area contributed by atoms with Gasteiger partial charge in [0.05, 0.1) is 0 Å². The summed E-state index contributed by atoms with van der Waals surface area (Å²) >= 11 is 0. The van der Waals surface area contributed by atoms with E-state index in [0.717, 1.165) is 17.4 Å². The summed E-state index contributed by atoms with van der Waals surface area (Å²) in [6.45, 7) is 3.86. The van der Waals surface area contributed by atoms with Gasteiger partial charge in [-0.3, -0.25) is 9.59 Å². The Kier molecular flexibility index (Phi) is 4.31. The fraction of sp³-hybridized carbons (Fsp3) is 0.176. The molecule has 2 aromatic carbocycles. The molecule has 0 N–H and O–H groups in total. The van der Waals surface area contributed by atoms with Crippen LogP contribution in [0.5, 0.6) is 5.75 Å². The molecular weight excluding hydrogens is 252 g/mol. The third-order valence-corrected chi connectivity index (χ3v) is 3.05. The Morgan fingerprint density at radius 2 is 1.95 bits per heavy atom. The number of hydrogen-bond donors (Lipinski definition) is 0. The predicted octanol–water partition coefficient (Wildman–Crippen LogP) is 3.38. The van der Waals surface area contributed by atoms with E-state index in [1.807, 2.05) is 32.0 Å². The van der Waals surface area contributed by atoms with Crippen molar-refractivity contribution in [3.8, 4) is 5.75 Å². The van der Waals surface area contributed by atoms with Crippen LogP contribution < -0.4 is 4.74 Å². The van der Waals surface area contributed by atoms with Crippen molar-refractivity contribution in [3.05, 3.63) is 64.7 Å². The van der Waals surface area contributed by atoms with E-state index in [-0.39, 0.29) is 12.4 Å². The van der Waals surface area contributed by atoms with Crippen LogP contribution in [0.25, 0.3) is 0 Å². The third-order valence-electron chi connectivity index (χ3n) is 3.05. The number of carbonyl (C=O) groups is 2. The van der Waals surface area contributed by atoms with Crippen LogP contribution in [0.1, 0.15) is 31.8 Å². The molecule has 0 aromatic heterocycles. The number of benzene rings is 2. The highest BCUT2D eigenvalue weighted by Crippen LogP contribution is 2.14. The van der Waals surface area contributed by atoms with Gasteiger partial charge in [-0.25, -0.2) is 0 Å². The van der Waals surface area contributed by atoms with E-state index in [0.29, 0.717) is 16.9 Å². The second-order valence-corrected chi connectivity index (χ2v) is 4.72. The van der Waals surface area contributed by atoms with Crippen LogP contribution in [0.2, 0.25) is 0 Å². The normalized spacial score (nSPS) is 10.1. The topological polar surface area (TPSA) is 43.4 Å². The quantitative estimate of drug-likeness (QED) is 0.616. The molecule has 0 atom stereocenters. The molecule has 3 nitrogen and oxygen atoms in total. The van der Waals surface area contributed by atoms with Gasteiger partial charge in [-0.1, -0.05) is 35.9 Å². The molecule has 0 unspecified atom stereocenters. The lowest BCUT2D eigenvalue weighted by atomic mass is 10.0. The summed E-state index contributed by atoms with van der Waals surface area (Å²) in [4.78, 5) is 22.8. The van der Waals surface area contributed by atoms with E-state index in [1.165, 1.54) is 0 Å². The number of carbonyl (C=O) groups excluding carboxylic acids is 2. The minimum Gasteiger partial charge on any atom is -0.485 e. The number of hydrogen-bond acceptors (Lipinski definition) is 3. The average molecular weight is 268 g/mol. The minimum atomic E-state index is -0.0704. The maximum absolute atomic E-state index is 12.1. The summed E-state index contributed by atoms with van der Waals surface area (Å²) < 4.78 is 5.44. The van der Waals surface area contributed by atoms with E-state index >= 15 is 0 Å². The summed E-state index contributed by atoms with van der Waals surface area (Å²) in [6, 6.07) is 12.4. The Morgan fingerprint density at radius 3 is 2.65 bits per heavy atom. The molecule has 2 aromatic rings. The maximum Gasteiger partial charge on any atom is 0.200 e. The van der Waals surface area contributed by atoms with Gasteiger partial charge in [-0.2, -0.15) is 0 Å². The number of aryl methyl sites for hydroxylation is 2. The average Bonchev–Trinajstić information content (AvgIpc) is 2.45. The molecule has 0 aliphatic carbocycles. The van der Waals surface area contributed by atoms with Gasteiger partial charge in [0, 0.05) is 11.1 Å². The second kappa shape index (κ2) is 6.15. The predicted molar refractivity (Wildman–Crippen MR) is 77.6 cm³/mol. The molecule has 2 rings (SSSR count). The van der Waals surface area contributed by atoms with Gasteiger partial charge in [0.15, 0.2) is 12.4 Å². The zero-order chi connectivity index (χ0) is 14.5. The molecule has 0 spiro atoms. The Morgan fingerprint density at radius 1 is 1.15 bits per heavy atom. The van der Waals surface area contributed by atoms with Crippen LogP contribution >= 0.6 is 0 Å². The van der Waals surface area contributed by atoms with Crippen molar-refractivity contribution in [2.75, 3.05) is 6.61 Å². The molecule has 0 saturated heterocycles. The molecule has 0 radical (unpaired) electrons. The van der Waals surface area contributed by atoms with Gasteiger partial charge in [0.2, 0.25) is 0 Å². The van der Waals surface area contributed by atoms with E-state index in [9.17, 15) is 9.59 Å². The van der Waals surface area contributed by atoms with E-state index < -0.39 is 0 Å². The van der Waals surface area contributed by atoms with Crippen LogP contribution in [0.15, 0.2) is 42.5 Å². The van der Waals surface area contributed by atoms with Crippen molar-refractivity contribution in [1.29, 1.82) is 0 Å². The van der Waals surface area contributed by atoms with Gasteiger partial charge in [0.25, 0.3) is 0 Å². The Bertz CT molecular complexity index is 644. The summed E-state index contributed by atoms with van der Waals surface area (Å²) in [5.74, 6) is 0.451. The third kappa shape index (κ3) is 3.32. The fourth-order valence-electron chi connectivity index (χ4n) is 2.03. The molecule has 0 aliphatic heterocycles. The second-order valence-electron chi connectivity index (χ2n) is 4.72. The monoisotopic (exact) mass is 268 g/mol. The van der Waals surface area contributed by atoms with Crippen LogP contribution in [0.3, 0.4) is 0 Å². The highest BCUT2D eigenvalue weighted by atomic mass is 16.5. The van der Waals surface area contributed by atoms with Crippen LogP contribution in [0, 0.1) is 13.8 Å². The number of aldehydes is 1. The van der Waals surface area contributed by atoms with Gasteiger partial charge in [-0.15, -0.1) is 0 Å². The highest BCUT2D eigenvalue weighted by molar-refractivity contribution is 5.98. The molecule has 0 fully saturated rings. The Balaban J connectivity index is 2.06. The molecular formula is C17H16O3. The van der Waals surface area contributed by atoms with Crippen molar-refractivity contribution in [2.24, 2.45) is 0 Å². The molecule has 0 aliphatic rings. The van der Waals surface area contributed by atoms with E-state index in [2.05, 4.69) is 0 Å². The van der Waals surface area contributed by atoms with Crippen molar-refractivity contribution >= 4 is 12.1 Å².